The maximum absolute atomic E-state index is 5.51. The van der Waals surface area contributed by atoms with Crippen molar-refractivity contribution in [3.05, 3.63) is 23.9 Å². The van der Waals surface area contributed by atoms with Crippen LogP contribution in [-0.4, -0.2) is 28.5 Å². The van der Waals surface area contributed by atoms with Gasteiger partial charge in [-0.15, -0.1) is 0 Å². The molecule has 0 spiro atoms. The molecular weight excluding hydrogens is 214 g/mol. The van der Waals surface area contributed by atoms with E-state index in [9.17, 15) is 0 Å². The molecule has 0 radical (unpaired) electrons. The Labute approximate surface area is 93.5 Å². The Hall–Kier alpha value is -0.810. The molecule has 0 atom stereocenters. The van der Waals surface area contributed by atoms with E-state index in [1.54, 1.807) is 18.0 Å². The molecule has 1 rings (SSSR count). The number of nitrogens with zero attached hydrogens (tertiary/aromatic N) is 1. The van der Waals surface area contributed by atoms with Gasteiger partial charge in [0.25, 0.3) is 0 Å². The standard InChI is InChI=1S/C9H13N3S2/c1-14-5-4-12-8-6-7(9(10)13)2-3-11-8/h2-3,6H,4-5H2,1H3,(H2,10,13)(H,11,12). The highest BCUT2D eigenvalue weighted by molar-refractivity contribution is 7.98. The fourth-order valence-electron chi connectivity index (χ4n) is 0.962. The summed E-state index contributed by atoms with van der Waals surface area (Å²) in [5, 5.41) is 3.19. The Morgan fingerprint density at radius 2 is 2.50 bits per heavy atom. The summed E-state index contributed by atoms with van der Waals surface area (Å²) in [4.78, 5) is 4.56. The van der Waals surface area contributed by atoms with Crippen molar-refractivity contribution in [2.75, 3.05) is 23.9 Å². The summed E-state index contributed by atoms with van der Waals surface area (Å²) in [5.74, 6) is 1.88. The molecule has 1 aromatic rings. The molecule has 0 aliphatic heterocycles. The van der Waals surface area contributed by atoms with Crippen molar-refractivity contribution >= 4 is 34.8 Å². The molecule has 0 bridgehead atoms. The summed E-state index contributed by atoms with van der Waals surface area (Å²) in [6, 6.07) is 3.67. The van der Waals surface area contributed by atoms with Crippen LogP contribution in [0.15, 0.2) is 18.3 Å². The van der Waals surface area contributed by atoms with E-state index in [2.05, 4.69) is 16.6 Å². The number of pyridine rings is 1. The molecule has 5 heteroatoms. The van der Waals surface area contributed by atoms with Crippen LogP contribution in [0, 0.1) is 0 Å². The van der Waals surface area contributed by atoms with Crippen LogP contribution in [0.3, 0.4) is 0 Å². The van der Waals surface area contributed by atoms with Crippen molar-refractivity contribution in [1.29, 1.82) is 0 Å². The third-order valence-corrected chi connectivity index (χ3v) is 2.50. The second-order valence-electron chi connectivity index (χ2n) is 2.71. The van der Waals surface area contributed by atoms with E-state index >= 15 is 0 Å². The number of nitrogens with one attached hydrogen (secondary N) is 1. The first-order chi connectivity index (χ1) is 6.74. The molecule has 3 N–H and O–H groups in total. The molecule has 3 nitrogen and oxygen atoms in total. The third-order valence-electron chi connectivity index (χ3n) is 1.66. The minimum Gasteiger partial charge on any atom is -0.389 e. The van der Waals surface area contributed by atoms with E-state index in [1.165, 1.54) is 0 Å². The van der Waals surface area contributed by atoms with Crippen LogP contribution in [0.1, 0.15) is 5.56 Å². The zero-order valence-corrected chi connectivity index (χ0v) is 9.62. The van der Waals surface area contributed by atoms with Crippen molar-refractivity contribution in [3.63, 3.8) is 0 Å². The van der Waals surface area contributed by atoms with Gasteiger partial charge >= 0.3 is 0 Å². The Bertz CT molecular complexity index is 315. The maximum Gasteiger partial charge on any atom is 0.126 e. The van der Waals surface area contributed by atoms with Gasteiger partial charge in [-0.1, -0.05) is 12.2 Å². The van der Waals surface area contributed by atoms with E-state index < -0.39 is 0 Å². The first kappa shape index (κ1) is 11.3. The Morgan fingerprint density at radius 3 is 3.14 bits per heavy atom. The van der Waals surface area contributed by atoms with E-state index in [1.807, 2.05) is 12.1 Å². The van der Waals surface area contributed by atoms with Crippen molar-refractivity contribution in [2.24, 2.45) is 5.73 Å². The van der Waals surface area contributed by atoms with Gasteiger partial charge in [0.05, 0.1) is 0 Å². The molecule has 1 aromatic heterocycles. The van der Waals surface area contributed by atoms with Crippen molar-refractivity contribution in [3.8, 4) is 0 Å². The summed E-state index contributed by atoms with van der Waals surface area (Å²) < 4.78 is 0. The van der Waals surface area contributed by atoms with E-state index in [4.69, 9.17) is 18.0 Å². The number of thioether (sulfide) groups is 1. The lowest BCUT2D eigenvalue weighted by Crippen LogP contribution is -2.11. The van der Waals surface area contributed by atoms with Crippen LogP contribution in [0.5, 0.6) is 0 Å². The number of hydrogen-bond acceptors (Lipinski definition) is 4. The molecule has 0 saturated carbocycles. The first-order valence-corrected chi connectivity index (χ1v) is 6.03. The molecule has 0 aliphatic rings. The SMILES string of the molecule is CSCCNc1cc(C(N)=S)ccn1. The average molecular weight is 227 g/mol. The monoisotopic (exact) mass is 227 g/mol. The van der Waals surface area contributed by atoms with Gasteiger partial charge in [-0.2, -0.15) is 11.8 Å². The molecule has 0 fully saturated rings. The summed E-state index contributed by atoms with van der Waals surface area (Å²) in [5.41, 5.74) is 6.36. The van der Waals surface area contributed by atoms with Gasteiger partial charge in [-0.25, -0.2) is 4.98 Å². The highest BCUT2D eigenvalue weighted by Crippen LogP contribution is 2.06. The number of aromatic nitrogens is 1. The molecule has 0 aromatic carbocycles. The Morgan fingerprint density at radius 1 is 1.71 bits per heavy atom. The van der Waals surface area contributed by atoms with Crippen molar-refractivity contribution < 1.29 is 0 Å². The molecule has 14 heavy (non-hydrogen) atoms. The third kappa shape index (κ3) is 3.51. The Balaban J connectivity index is 2.59. The van der Waals surface area contributed by atoms with Crippen LogP contribution >= 0.6 is 24.0 Å². The van der Waals surface area contributed by atoms with Gasteiger partial charge in [0.15, 0.2) is 0 Å². The lowest BCUT2D eigenvalue weighted by molar-refractivity contribution is 1.17. The quantitative estimate of drug-likeness (QED) is 0.589. The van der Waals surface area contributed by atoms with Gasteiger partial charge in [-0.05, 0) is 18.4 Å². The van der Waals surface area contributed by atoms with Crippen LogP contribution in [-0.2, 0) is 0 Å². The highest BCUT2D eigenvalue weighted by Gasteiger charge is 1.98. The Kier molecular flexibility index (Phi) is 4.69. The number of nitrogens with two attached hydrogens (primary N) is 1. The zero-order chi connectivity index (χ0) is 10.4. The van der Waals surface area contributed by atoms with Gasteiger partial charge in [0, 0.05) is 24.1 Å². The molecule has 1 heterocycles. The van der Waals surface area contributed by atoms with Gasteiger partial charge in [0.2, 0.25) is 0 Å². The topological polar surface area (TPSA) is 50.9 Å². The number of thiocarbonyl (C=S) groups is 1. The van der Waals surface area contributed by atoms with E-state index in [0.717, 1.165) is 23.7 Å². The fourth-order valence-corrected chi connectivity index (χ4v) is 1.39. The van der Waals surface area contributed by atoms with Crippen LogP contribution in [0.2, 0.25) is 0 Å². The fraction of sp³-hybridized carbons (Fsp3) is 0.333. The maximum atomic E-state index is 5.51. The van der Waals surface area contributed by atoms with E-state index in [0.29, 0.717) is 4.99 Å². The average Bonchev–Trinajstić information content (AvgIpc) is 2.19. The predicted molar refractivity (Wildman–Crippen MR) is 67.0 cm³/mol. The van der Waals surface area contributed by atoms with Crippen molar-refractivity contribution in [2.45, 2.75) is 0 Å². The number of hydrogen-bond donors (Lipinski definition) is 2. The number of anilines is 1. The summed E-state index contributed by atoms with van der Waals surface area (Å²) in [7, 11) is 0. The molecule has 76 valence electrons. The lowest BCUT2D eigenvalue weighted by atomic mass is 10.2. The van der Waals surface area contributed by atoms with Gasteiger partial charge in [-0.3, -0.25) is 0 Å². The molecule has 0 unspecified atom stereocenters. The van der Waals surface area contributed by atoms with Crippen LogP contribution in [0.4, 0.5) is 5.82 Å². The minimum absolute atomic E-state index is 0.403. The normalized spacial score (nSPS) is 9.79. The van der Waals surface area contributed by atoms with Crippen molar-refractivity contribution in [1.82, 2.24) is 4.98 Å². The molecule has 0 saturated heterocycles. The van der Waals surface area contributed by atoms with Gasteiger partial charge < -0.3 is 11.1 Å². The highest BCUT2D eigenvalue weighted by atomic mass is 32.2. The van der Waals surface area contributed by atoms with Gasteiger partial charge in [0.1, 0.15) is 10.8 Å². The largest absolute Gasteiger partial charge is 0.389 e. The lowest BCUT2D eigenvalue weighted by Gasteiger charge is -2.05. The predicted octanol–water partition coefficient (Wildman–Crippen LogP) is 1.49. The first-order valence-electron chi connectivity index (χ1n) is 4.22. The van der Waals surface area contributed by atoms with Crippen LogP contribution < -0.4 is 11.1 Å². The zero-order valence-electron chi connectivity index (χ0n) is 7.99. The minimum atomic E-state index is 0.403. The second kappa shape index (κ2) is 5.82. The smallest absolute Gasteiger partial charge is 0.126 e. The molecule has 0 amide bonds. The van der Waals surface area contributed by atoms with E-state index in [-0.39, 0.29) is 0 Å². The second-order valence-corrected chi connectivity index (χ2v) is 4.14. The molecular formula is C9H13N3S2. The number of rotatable bonds is 5. The summed E-state index contributed by atoms with van der Waals surface area (Å²) in [6.07, 6.45) is 3.77. The molecule has 0 aliphatic carbocycles. The summed E-state index contributed by atoms with van der Waals surface area (Å²) >= 11 is 6.67. The van der Waals surface area contributed by atoms with Crippen LogP contribution in [0.25, 0.3) is 0 Å². The summed E-state index contributed by atoms with van der Waals surface area (Å²) in [6.45, 7) is 0.898.